The van der Waals surface area contributed by atoms with Crippen molar-refractivity contribution in [2.45, 2.75) is 4.90 Å². The minimum atomic E-state index is -3.85. The molecule has 0 saturated heterocycles. The Morgan fingerprint density at radius 2 is 1.65 bits per heavy atom. The molecule has 0 aliphatic heterocycles. The van der Waals surface area contributed by atoms with E-state index in [0.29, 0.717) is 11.5 Å². The van der Waals surface area contributed by atoms with Crippen LogP contribution in [-0.2, 0) is 10.0 Å². The summed E-state index contributed by atoms with van der Waals surface area (Å²) in [7, 11) is -3.85. The maximum atomic E-state index is 12.5. The molecule has 0 saturated carbocycles. The predicted molar refractivity (Wildman–Crippen MR) is 86.6 cm³/mol. The summed E-state index contributed by atoms with van der Waals surface area (Å²) in [6.07, 6.45) is 1.32. The zero-order valence-electron chi connectivity index (χ0n) is 11.9. The first-order chi connectivity index (χ1) is 11.1. The van der Waals surface area contributed by atoms with Crippen LogP contribution < -0.4 is 5.32 Å². The normalized spacial score (nSPS) is 12.1. The molecule has 8 heteroatoms. The van der Waals surface area contributed by atoms with Crippen LogP contribution in [0.2, 0.25) is 0 Å². The number of sulfonamides is 1. The number of anilines is 1. The van der Waals surface area contributed by atoms with Crippen LogP contribution in [0.15, 0.2) is 76.3 Å². The van der Waals surface area contributed by atoms with E-state index < -0.39 is 10.0 Å². The standard InChI is InChI=1S/C15H13N5O2S/c21-23(22,13-9-5-2-6-10-13)20-14(12-7-3-1-4-8-12)18-15-16-11-17-19-15/h1-11H,(H2,16,17,18,19,20). The van der Waals surface area contributed by atoms with Gasteiger partial charge >= 0.3 is 0 Å². The number of H-pyrrole nitrogens is 1. The van der Waals surface area contributed by atoms with E-state index >= 15 is 0 Å². The third-order valence-corrected chi connectivity index (χ3v) is 4.24. The van der Waals surface area contributed by atoms with Gasteiger partial charge in [0.1, 0.15) is 6.33 Å². The SMILES string of the molecule is O=S(=O)(N=C(Nc1ncn[nH]1)c1ccccc1)c1ccccc1. The van der Waals surface area contributed by atoms with Crippen molar-refractivity contribution in [2.75, 3.05) is 5.32 Å². The molecule has 0 aliphatic rings. The molecule has 3 aromatic rings. The van der Waals surface area contributed by atoms with Gasteiger partial charge in [-0.25, -0.2) is 5.10 Å². The lowest BCUT2D eigenvalue weighted by atomic mass is 10.2. The smallest absolute Gasteiger partial charge is 0.284 e. The Morgan fingerprint density at radius 3 is 2.26 bits per heavy atom. The van der Waals surface area contributed by atoms with Gasteiger partial charge in [-0.15, -0.1) is 4.40 Å². The first kappa shape index (κ1) is 14.9. The number of hydrogen-bond acceptors (Lipinski definition) is 4. The van der Waals surface area contributed by atoms with Crippen LogP contribution in [0.1, 0.15) is 5.56 Å². The quantitative estimate of drug-likeness (QED) is 0.564. The molecule has 0 radical (unpaired) electrons. The van der Waals surface area contributed by atoms with E-state index in [1.807, 2.05) is 6.07 Å². The van der Waals surface area contributed by atoms with E-state index in [2.05, 4.69) is 24.9 Å². The Morgan fingerprint density at radius 1 is 1.00 bits per heavy atom. The summed E-state index contributed by atoms with van der Waals surface area (Å²) >= 11 is 0. The van der Waals surface area contributed by atoms with Gasteiger partial charge in [0.15, 0.2) is 5.84 Å². The van der Waals surface area contributed by atoms with E-state index in [-0.39, 0.29) is 10.7 Å². The van der Waals surface area contributed by atoms with Crippen molar-refractivity contribution >= 4 is 21.8 Å². The molecule has 0 fully saturated rings. The summed E-state index contributed by atoms with van der Waals surface area (Å²) < 4.78 is 28.9. The molecule has 2 N–H and O–H groups in total. The Balaban J connectivity index is 2.04. The van der Waals surface area contributed by atoms with Gasteiger partial charge in [0.2, 0.25) is 5.95 Å². The van der Waals surface area contributed by atoms with Crippen LogP contribution in [0.3, 0.4) is 0 Å². The molecule has 0 atom stereocenters. The van der Waals surface area contributed by atoms with Gasteiger partial charge in [-0.3, -0.25) is 0 Å². The van der Waals surface area contributed by atoms with E-state index in [0.717, 1.165) is 0 Å². The van der Waals surface area contributed by atoms with Crippen molar-refractivity contribution in [1.82, 2.24) is 15.2 Å². The van der Waals surface area contributed by atoms with Gasteiger partial charge in [-0.2, -0.15) is 18.5 Å². The van der Waals surface area contributed by atoms with E-state index in [4.69, 9.17) is 0 Å². The highest BCUT2D eigenvalue weighted by atomic mass is 32.2. The molecule has 23 heavy (non-hydrogen) atoms. The summed E-state index contributed by atoms with van der Waals surface area (Å²) in [4.78, 5) is 4.05. The van der Waals surface area contributed by atoms with Crippen molar-refractivity contribution in [1.29, 1.82) is 0 Å². The topological polar surface area (TPSA) is 100 Å². The number of hydrogen-bond donors (Lipinski definition) is 2. The van der Waals surface area contributed by atoms with Gasteiger partial charge in [-0.05, 0) is 12.1 Å². The molecule has 1 aromatic heterocycles. The number of rotatable bonds is 4. The molecular formula is C15H13N5O2S. The molecule has 116 valence electrons. The summed E-state index contributed by atoms with van der Waals surface area (Å²) in [6, 6.07) is 17.0. The number of aromatic amines is 1. The van der Waals surface area contributed by atoms with E-state index in [1.165, 1.54) is 18.5 Å². The minimum absolute atomic E-state index is 0.118. The van der Waals surface area contributed by atoms with Crippen LogP contribution in [0.4, 0.5) is 5.95 Å². The van der Waals surface area contributed by atoms with Crippen molar-refractivity contribution < 1.29 is 8.42 Å². The average Bonchev–Trinajstić information content (AvgIpc) is 3.09. The number of benzene rings is 2. The molecule has 0 unspecified atom stereocenters. The summed E-state index contributed by atoms with van der Waals surface area (Å²) in [6.45, 7) is 0. The second kappa shape index (κ2) is 6.41. The lowest BCUT2D eigenvalue weighted by Gasteiger charge is -2.08. The van der Waals surface area contributed by atoms with Crippen molar-refractivity contribution in [2.24, 2.45) is 4.40 Å². The van der Waals surface area contributed by atoms with Gasteiger partial charge in [-0.1, -0.05) is 48.5 Å². The molecule has 7 nitrogen and oxygen atoms in total. The molecule has 3 rings (SSSR count). The first-order valence-electron chi connectivity index (χ1n) is 6.73. The van der Waals surface area contributed by atoms with Crippen molar-refractivity contribution in [3.8, 4) is 0 Å². The van der Waals surface area contributed by atoms with Crippen LogP contribution >= 0.6 is 0 Å². The number of nitrogens with one attached hydrogen (secondary N) is 2. The van der Waals surface area contributed by atoms with Crippen LogP contribution in [0.25, 0.3) is 0 Å². The maximum Gasteiger partial charge on any atom is 0.284 e. The Labute approximate surface area is 133 Å². The van der Waals surface area contributed by atoms with Crippen molar-refractivity contribution in [3.05, 3.63) is 72.6 Å². The molecule has 0 amide bonds. The lowest BCUT2D eigenvalue weighted by molar-refractivity contribution is 0.598. The fraction of sp³-hybridized carbons (Fsp3) is 0. The van der Waals surface area contributed by atoms with Gasteiger partial charge in [0.05, 0.1) is 4.90 Å². The molecular weight excluding hydrogens is 314 g/mol. The van der Waals surface area contributed by atoms with Gasteiger partial charge in [0, 0.05) is 5.56 Å². The Kier molecular flexibility index (Phi) is 4.15. The third-order valence-electron chi connectivity index (χ3n) is 2.95. The minimum Gasteiger partial charge on any atom is -0.308 e. The monoisotopic (exact) mass is 327 g/mol. The van der Waals surface area contributed by atoms with E-state index in [9.17, 15) is 8.42 Å². The van der Waals surface area contributed by atoms with Crippen molar-refractivity contribution in [3.63, 3.8) is 0 Å². The highest BCUT2D eigenvalue weighted by Crippen LogP contribution is 2.14. The van der Waals surface area contributed by atoms with Crippen LogP contribution in [0, 0.1) is 0 Å². The Bertz CT molecular complexity index is 892. The summed E-state index contributed by atoms with van der Waals surface area (Å²) in [5.41, 5.74) is 0.614. The largest absolute Gasteiger partial charge is 0.308 e. The molecule has 0 spiro atoms. The number of nitrogens with zero attached hydrogens (tertiary/aromatic N) is 3. The molecule has 2 aromatic carbocycles. The highest BCUT2D eigenvalue weighted by Gasteiger charge is 2.15. The third kappa shape index (κ3) is 3.61. The average molecular weight is 327 g/mol. The fourth-order valence-electron chi connectivity index (χ4n) is 1.89. The van der Waals surface area contributed by atoms with Crippen LogP contribution in [0.5, 0.6) is 0 Å². The van der Waals surface area contributed by atoms with E-state index in [1.54, 1.807) is 42.5 Å². The van der Waals surface area contributed by atoms with Gasteiger partial charge in [0.25, 0.3) is 10.0 Å². The maximum absolute atomic E-state index is 12.5. The zero-order valence-corrected chi connectivity index (χ0v) is 12.7. The number of aromatic nitrogens is 3. The number of amidine groups is 1. The zero-order chi connectivity index (χ0) is 16.1. The second-order valence-corrected chi connectivity index (χ2v) is 6.16. The second-order valence-electron chi connectivity index (χ2n) is 4.55. The predicted octanol–water partition coefficient (Wildman–Crippen LogP) is 2.05. The van der Waals surface area contributed by atoms with Crippen LogP contribution in [-0.4, -0.2) is 29.4 Å². The summed E-state index contributed by atoms with van der Waals surface area (Å²) in [5.74, 6) is 0.460. The first-order valence-corrected chi connectivity index (χ1v) is 8.17. The van der Waals surface area contributed by atoms with Gasteiger partial charge < -0.3 is 5.32 Å². The molecule has 1 heterocycles. The summed E-state index contributed by atoms with van der Waals surface area (Å²) in [5, 5.41) is 9.18. The Hall–Kier alpha value is -3.00. The molecule has 0 bridgehead atoms. The fourth-order valence-corrected chi connectivity index (χ4v) is 2.88. The lowest BCUT2D eigenvalue weighted by Crippen LogP contribution is -2.17. The molecule has 0 aliphatic carbocycles. The highest BCUT2D eigenvalue weighted by molar-refractivity contribution is 7.90.